The van der Waals surface area contributed by atoms with Gasteiger partial charge in [0.15, 0.2) is 0 Å². The summed E-state index contributed by atoms with van der Waals surface area (Å²) in [5, 5.41) is 27.5. The van der Waals surface area contributed by atoms with Crippen LogP contribution in [0.15, 0.2) is 79.1 Å². The first-order valence-corrected chi connectivity index (χ1v) is 14.3. The molecule has 206 valence electrons. The summed E-state index contributed by atoms with van der Waals surface area (Å²) in [4.78, 5) is 4.53. The number of fused-ring (bicyclic) bond motifs is 1. The van der Waals surface area contributed by atoms with Gasteiger partial charge in [0.2, 0.25) is 0 Å². The average molecular weight is 562 g/mol. The van der Waals surface area contributed by atoms with Crippen molar-refractivity contribution in [2.24, 2.45) is 5.41 Å². The summed E-state index contributed by atoms with van der Waals surface area (Å²) in [6.45, 7) is 7.14. The van der Waals surface area contributed by atoms with E-state index in [0.29, 0.717) is 28.7 Å². The predicted molar refractivity (Wildman–Crippen MR) is 165 cm³/mol. The van der Waals surface area contributed by atoms with E-state index >= 15 is 0 Å². The number of benzene rings is 3. The van der Waals surface area contributed by atoms with Gasteiger partial charge in [0.05, 0.1) is 40.1 Å². The van der Waals surface area contributed by atoms with E-state index in [1.54, 1.807) is 6.20 Å². The number of anilines is 2. The van der Waals surface area contributed by atoms with Crippen molar-refractivity contribution >= 4 is 33.9 Å². The number of hydrogen-bond donors (Lipinski definition) is 2. The Labute approximate surface area is 245 Å². The summed E-state index contributed by atoms with van der Waals surface area (Å²) in [5.74, 6) is 0. The van der Waals surface area contributed by atoms with E-state index in [1.165, 1.54) is 0 Å². The molecule has 41 heavy (non-hydrogen) atoms. The summed E-state index contributed by atoms with van der Waals surface area (Å²) < 4.78 is 1.97. The molecule has 1 atom stereocenters. The Morgan fingerprint density at radius 1 is 1.07 bits per heavy atom. The molecule has 7 nitrogen and oxygen atoms in total. The minimum Gasteiger partial charge on any atom is -0.383 e. The molecule has 3 aromatic carbocycles. The molecule has 5 aromatic rings. The van der Waals surface area contributed by atoms with Crippen LogP contribution in [0.25, 0.3) is 22.0 Å². The number of halogens is 1. The van der Waals surface area contributed by atoms with Gasteiger partial charge in [0.25, 0.3) is 0 Å². The molecule has 1 fully saturated rings. The SMILES string of the molecule is CC(C)(C)CNc1c(C#N)cnc2c(Cl)cc(NC(c3cn(C4CC4)nn3)c3ccccc3-c3ccccc3)cc12. The molecular weight excluding hydrogens is 530 g/mol. The van der Waals surface area contributed by atoms with Crippen LogP contribution in [0.3, 0.4) is 0 Å². The largest absolute Gasteiger partial charge is 0.383 e. The van der Waals surface area contributed by atoms with Gasteiger partial charge in [-0.25, -0.2) is 4.68 Å². The Morgan fingerprint density at radius 3 is 2.56 bits per heavy atom. The highest BCUT2D eigenvalue weighted by Gasteiger charge is 2.28. The number of nitriles is 1. The van der Waals surface area contributed by atoms with Crippen LogP contribution in [0, 0.1) is 16.7 Å². The van der Waals surface area contributed by atoms with Gasteiger partial charge in [-0.05, 0) is 47.1 Å². The molecule has 0 aliphatic heterocycles. The molecule has 2 N–H and O–H groups in total. The van der Waals surface area contributed by atoms with Crippen LogP contribution in [0.5, 0.6) is 0 Å². The van der Waals surface area contributed by atoms with E-state index < -0.39 is 0 Å². The van der Waals surface area contributed by atoms with E-state index in [-0.39, 0.29) is 11.5 Å². The van der Waals surface area contributed by atoms with Crippen molar-refractivity contribution in [3.05, 3.63) is 101 Å². The molecule has 8 heteroatoms. The monoisotopic (exact) mass is 561 g/mol. The quantitative estimate of drug-likeness (QED) is 0.199. The second-order valence-electron chi connectivity index (χ2n) is 11.8. The molecule has 2 heterocycles. The Kier molecular flexibility index (Phi) is 7.10. The predicted octanol–water partition coefficient (Wildman–Crippen LogP) is 8.01. The van der Waals surface area contributed by atoms with Crippen LogP contribution in [-0.4, -0.2) is 26.5 Å². The smallest absolute Gasteiger partial charge is 0.109 e. The first-order valence-electron chi connectivity index (χ1n) is 13.9. The van der Waals surface area contributed by atoms with Gasteiger partial charge in [-0.15, -0.1) is 5.10 Å². The average Bonchev–Trinajstić information content (AvgIpc) is 3.71. The molecule has 2 aromatic heterocycles. The lowest BCUT2D eigenvalue weighted by Gasteiger charge is -2.23. The van der Waals surface area contributed by atoms with Gasteiger partial charge < -0.3 is 10.6 Å². The van der Waals surface area contributed by atoms with Crippen molar-refractivity contribution in [3.63, 3.8) is 0 Å². The van der Waals surface area contributed by atoms with E-state index in [2.05, 4.69) is 83.1 Å². The molecule has 1 unspecified atom stereocenters. The van der Waals surface area contributed by atoms with E-state index in [0.717, 1.165) is 52.0 Å². The van der Waals surface area contributed by atoms with Gasteiger partial charge in [0.1, 0.15) is 11.8 Å². The maximum absolute atomic E-state index is 9.88. The first-order chi connectivity index (χ1) is 19.8. The lowest BCUT2D eigenvalue weighted by Crippen LogP contribution is -2.20. The maximum Gasteiger partial charge on any atom is 0.109 e. The van der Waals surface area contributed by atoms with Crippen LogP contribution in [0.2, 0.25) is 5.02 Å². The van der Waals surface area contributed by atoms with Crippen LogP contribution in [-0.2, 0) is 0 Å². The van der Waals surface area contributed by atoms with Crippen LogP contribution in [0.1, 0.15) is 62.5 Å². The molecule has 1 saturated carbocycles. The molecule has 0 amide bonds. The standard InChI is InChI=1S/C33H32ClN7/c1-33(2,3)20-37-30-22(17-35)18-36-31-27(30)15-23(16-28(31)34)38-32(29-19-41(40-39-29)24-13-14-24)26-12-8-7-11-25(26)21-9-5-4-6-10-21/h4-12,15-16,18-19,24,32,38H,13-14,20H2,1-3H3,(H,36,37). The summed E-state index contributed by atoms with van der Waals surface area (Å²) in [6, 6.07) is 25.0. The van der Waals surface area contributed by atoms with Gasteiger partial charge >= 0.3 is 0 Å². The van der Waals surface area contributed by atoms with E-state index in [1.807, 2.05) is 47.3 Å². The highest BCUT2D eigenvalue weighted by molar-refractivity contribution is 6.35. The molecule has 0 saturated heterocycles. The number of nitrogens with zero attached hydrogens (tertiary/aromatic N) is 5. The minimum absolute atomic E-state index is 0.0155. The van der Waals surface area contributed by atoms with Crippen molar-refractivity contribution in [1.82, 2.24) is 20.0 Å². The highest BCUT2D eigenvalue weighted by atomic mass is 35.5. The van der Waals surface area contributed by atoms with Gasteiger partial charge in [-0.3, -0.25) is 4.98 Å². The fourth-order valence-corrected chi connectivity index (χ4v) is 5.29. The zero-order valence-electron chi connectivity index (χ0n) is 23.4. The second kappa shape index (κ2) is 10.9. The summed E-state index contributed by atoms with van der Waals surface area (Å²) in [7, 11) is 0. The summed E-state index contributed by atoms with van der Waals surface area (Å²) in [6.07, 6.45) is 5.88. The normalized spacial score (nSPS) is 14.0. The molecular formula is C33H32ClN7. The fourth-order valence-electron chi connectivity index (χ4n) is 5.02. The van der Waals surface area contributed by atoms with Crippen molar-refractivity contribution in [3.8, 4) is 17.2 Å². The maximum atomic E-state index is 9.88. The number of pyridine rings is 1. The number of hydrogen-bond acceptors (Lipinski definition) is 6. The lowest BCUT2D eigenvalue weighted by molar-refractivity contribution is 0.443. The summed E-state index contributed by atoms with van der Waals surface area (Å²) in [5.41, 5.74) is 6.81. The molecule has 0 bridgehead atoms. The first kappa shape index (κ1) is 26.8. The summed E-state index contributed by atoms with van der Waals surface area (Å²) >= 11 is 6.83. The molecule has 0 spiro atoms. The lowest BCUT2D eigenvalue weighted by atomic mass is 9.93. The topological polar surface area (TPSA) is 91.5 Å². The van der Waals surface area contributed by atoms with Gasteiger partial charge in [0, 0.05) is 23.8 Å². The molecule has 0 radical (unpaired) electrons. The van der Waals surface area contributed by atoms with Crippen molar-refractivity contribution < 1.29 is 0 Å². The van der Waals surface area contributed by atoms with Gasteiger partial charge in [-0.2, -0.15) is 5.26 Å². The number of nitrogens with one attached hydrogen (secondary N) is 2. The third kappa shape index (κ3) is 5.75. The fraction of sp³-hybridized carbons (Fsp3) is 0.273. The Balaban J connectivity index is 1.47. The molecule has 1 aliphatic carbocycles. The second-order valence-corrected chi connectivity index (χ2v) is 12.2. The Bertz CT molecular complexity index is 1740. The van der Waals surface area contributed by atoms with Crippen LogP contribution >= 0.6 is 11.6 Å². The van der Waals surface area contributed by atoms with Crippen molar-refractivity contribution in [1.29, 1.82) is 5.26 Å². The zero-order valence-corrected chi connectivity index (χ0v) is 24.2. The van der Waals surface area contributed by atoms with Crippen LogP contribution in [0.4, 0.5) is 11.4 Å². The van der Waals surface area contributed by atoms with Crippen molar-refractivity contribution in [2.75, 3.05) is 17.2 Å². The molecule has 1 aliphatic rings. The Morgan fingerprint density at radius 2 is 1.83 bits per heavy atom. The number of aromatic nitrogens is 4. The van der Waals surface area contributed by atoms with E-state index in [9.17, 15) is 5.26 Å². The highest BCUT2D eigenvalue weighted by Crippen LogP contribution is 2.39. The van der Waals surface area contributed by atoms with Gasteiger partial charge in [-0.1, -0.05) is 92.2 Å². The van der Waals surface area contributed by atoms with Crippen LogP contribution < -0.4 is 10.6 Å². The minimum atomic E-state index is -0.300. The third-order valence-electron chi connectivity index (χ3n) is 7.25. The third-order valence-corrected chi connectivity index (χ3v) is 7.54. The zero-order chi connectivity index (χ0) is 28.6. The number of rotatable bonds is 8. The van der Waals surface area contributed by atoms with E-state index in [4.69, 9.17) is 11.6 Å². The molecule has 6 rings (SSSR count). The van der Waals surface area contributed by atoms with Crippen molar-refractivity contribution in [2.45, 2.75) is 45.7 Å². The Hall–Kier alpha value is -4.41.